The van der Waals surface area contributed by atoms with Crippen LogP contribution in [0.3, 0.4) is 0 Å². The van der Waals surface area contributed by atoms with Crippen molar-refractivity contribution in [3.8, 4) is 0 Å². The summed E-state index contributed by atoms with van der Waals surface area (Å²) < 4.78 is 0. The van der Waals surface area contributed by atoms with Gasteiger partial charge >= 0.3 is 0 Å². The molecule has 0 aromatic carbocycles. The Kier molecular flexibility index (Phi) is 4.82. The average molecular weight is 148 g/mol. The highest BCUT2D eigenvalue weighted by atomic mass is 17.1. The first-order valence-electron chi connectivity index (χ1n) is 2.93. The molecule has 0 unspecified atom stereocenters. The maximum atomic E-state index is 10.7. The van der Waals surface area contributed by atoms with Crippen LogP contribution < -0.4 is 10.6 Å². The molecule has 0 spiro atoms. The van der Waals surface area contributed by atoms with Crippen LogP contribution >= 0.6 is 0 Å². The molecule has 0 aliphatic carbocycles. The van der Waals surface area contributed by atoms with E-state index in [-0.39, 0.29) is 18.7 Å². The number of carbonyl (C=O) groups is 1. The molecule has 10 heavy (non-hydrogen) atoms. The van der Waals surface area contributed by atoms with Crippen molar-refractivity contribution in [2.45, 2.75) is 13.0 Å². The molecule has 5 nitrogen and oxygen atoms in total. The van der Waals surface area contributed by atoms with Crippen molar-refractivity contribution in [2.24, 2.45) is 0 Å². The van der Waals surface area contributed by atoms with E-state index in [0.29, 0.717) is 0 Å². The first-order chi connectivity index (χ1) is 4.72. The first kappa shape index (κ1) is 9.35. The smallest absolute Gasteiger partial charge is 0.236 e. The molecular weight excluding hydrogens is 136 g/mol. The van der Waals surface area contributed by atoms with Crippen molar-refractivity contribution in [2.75, 3.05) is 13.8 Å². The second-order valence-corrected chi connectivity index (χ2v) is 1.81. The third-order valence-electron chi connectivity index (χ3n) is 1.09. The van der Waals surface area contributed by atoms with Crippen molar-refractivity contribution in [1.29, 1.82) is 0 Å². The topological polar surface area (TPSA) is 70.6 Å². The van der Waals surface area contributed by atoms with Crippen molar-refractivity contribution in [1.82, 2.24) is 10.6 Å². The molecule has 0 aromatic heterocycles. The van der Waals surface area contributed by atoms with Gasteiger partial charge in [-0.15, -0.1) is 0 Å². The largest absolute Gasteiger partial charge is 0.358 e. The molecular formula is C5H12N2O3. The highest BCUT2D eigenvalue weighted by molar-refractivity contribution is 5.80. The van der Waals surface area contributed by atoms with Crippen LogP contribution in [0.4, 0.5) is 0 Å². The van der Waals surface area contributed by atoms with Gasteiger partial charge < -0.3 is 5.32 Å². The first-order valence-corrected chi connectivity index (χ1v) is 2.93. The Morgan fingerprint density at radius 2 is 2.40 bits per heavy atom. The van der Waals surface area contributed by atoms with Crippen LogP contribution in [0.2, 0.25) is 0 Å². The van der Waals surface area contributed by atoms with E-state index in [9.17, 15) is 4.79 Å². The van der Waals surface area contributed by atoms with Crippen molar-refractivity contribution >= 4 is 5.91 Å². The second kappa shape index (κ2) is 5.16. The Hall–Kier alpha value is -0.650. The van der Waals surface area contributed by atoms with Crippen molar-refractivity contribution < 1.29 is 14.9 Å². The van der Waals surface area contributed by atoms with E-state index < -0.39 is 0 Å². The minimum Gasteiger partial charge on any atom is -0.358 e. The van der Waals surface area contributed by atoms with E-state index in [1.54, 1.807) is 14.0 Å². The Labute approximate surface area is 59.3 Å². The van der Waals surface area contributed by atoms with E-state index in [1.807, 2.05) is 0 Å². The highest BCUT2D eigenvalue weighted by Gasteiger charge is 2.08. The van der Waals surface area contributed by atoms with Crippen LogP contribution in [-0.4, -0.2) is 31.0 Å². The van der Waals surface area contributed by atoms with Gasteiger partial charge in [-0.05, 0) is 6.92 Å². The molecule has 0 heterocycles. The average Bonchev–Trinajstić information content (AvgIpc) is 1.98. The summed E-state index contributed by atoms with van der Waals surface area (Å²) in [6.07, 6.45) is 0. The number of hydrogen-bond donors (Lipinski definition) is 3. The maximum Gasteiger partial charge on any atom is 0.236 e. The molecule has 0 rings (SSSR count). The van der Waals surface area contributed by atoms with E-state index in [1.165, 1.54) is 0 Å². The second-order valence-electron chi connectivity index (χ2n) is 1.81. The highest BCUT2D eigenvalue weighted by Crippen LogP contribution is 1.78. The summed E-state index contributed by atoms with van der Waals surface area (Å²) in [7, 11) is 1.54. The Bertz CT molecular complexity index is 107. The van der Waals surface area contributed by atoms with Gasteiger partial charge in [0.05, 0.1) is 6.04 Å². The lowest BCUT2D eigenvalue weighted by atomic mass is 10.3. The molecule has 0 bridgehead atoms. The quantitative estimate of drug-likeness (QED) is 0.276. The third kappa shape index (κ3) is 3.39. The molecule has 0 radical (unpaired) electrons. The minimum absolute atomic E-state index is 0.0470. The standard InChI is InChI=1S/C5H12N2O3/c1-4(5(8)6-2)7-3-10-9/h4,7,9H,3H2,1-2H3,(H,6,8)/t4-/m0/s1. The summed E-state index contributed by atoms with van der Waals surface area (Å²) >= 11 is 0. The number of hydrogen-bond acceptors (Lipinski definition) is 4. The fraction of sp³-hybridized carbons (Fsp3) is 0.800. The molecule has 0 fully saturated rings. The number of rotatable bonds is 4. The van der Waals surface area contributed by atoms with Gasteiger partial charge in [0.2, 0.25) is 5.91 Å². The van der Waals surface area contributed by atoms with Gasteiger partial charge in [-0.1, -0.05) is 0 Å². The van der Waals surface area contributed by atoms with Gasteiger partial charge in [-0.3, -0.25) is 15.4 Å². The monoisotopic (exact) mass is 148 g/mol. The van der Waals surface area contributed by atoms with Crippen LogP contribution in [0.1, 0.15) is 6.92 Å². The van der Waals surface area contributed by atoms with Gasteiger partial charge in [0.25, 0.3) is 0 Å². The van der Waals surface area contributed by atoms with Gasteiger partial charge in [0.15, 0.2) is 0 Å². The van der Waals surface area contributed by atoms with E-state index >= 15 is 0 Å². The van der Waals surface area contributed by atoms with E-state index in [4.69, 9.17) is 5.26 Å². The number of carbonyl (C=O) groups excluding carboxylic acids is 1. The van der Waals surface area contributed by atoms with Crippen LogP contribution in [0, 0.1) is 0 Å². The zero-order valence-corrected chi connectivity index (χ0v) is 6.05. The summed E-state index contributed by atoms with van der Waals surface area (Å²) in [5.41, 5.74) is 0. The Morgan fingerprint density at radius 1 is 1.80 bits per heavy atom. The molecule has 0 aliphatic rings. The molecule has 0 aromatic rings. The third-order valence-corrected chi connectivity index (χ3v) is 1.09. The molecule has 1 atom stereocenters. The predicted octanol–water partition coefficient (Wildman–Crippen LogP) is -0.842. The predicted molar refractivity (Wildman–Crippen MR) is 35.2 cm³/mol. The van der Waals surface area contributed by atoms with Crippen LogP contribution in [-0.2, 0) is 9.68 Å². The van der Waals surface area contributed by atoms with Crippen molar-refractivity contribution in [3.63, 3.8) is 0 Å². The number of amides is 1. The van der Waals surface area contributed by atoms with Gasteiger partial charge in [-0.25, -0.2) is 4.89 Å². The molecule has 5 heteroatoms. The summed E-state index contributed by atoms with van der Waals surface area (Å²) in [5, 5.41) is 12.9. The van der Waals surface area contributed by atoms with Crippen LogP contribution in [0.15, 0.2) is 0 Å². The summed E-state index contributed by atoms with van der Waals surface area (Å²) in [6, 6.07) is -0.350. The molecule has 1 amide bonds. The van der Waals surface area contributed by atoms with E-state index in [2.05, 4.69) is 15.5 Å². The molecule has 0 saturated heterocycles. The summed E-state index contributed by atoms with van der Waals surface area (Å²) in [4.78, 5) is 14.4. The molecule has 60 valence electrons. The lowest BCUT2D eigenvalue weighted by Crippen LogP contribution is -2.41. The zero-order valence-electron chi connectivity index (χ0n) is 6.05. The van der Waals surface area contributed by atoms with E-state index in [0.717, 1.165) is 0 Å². The summed E-state index contributed by atoms with van der Waals surface area (Å²) in [6.45, 7) is 1.62. The van der Waals surface area contributed by atoms with Gasteiger partial charge in [0.1, 0.15) is 6.73 Å². The zero-order chi connectivity index (χ0) is 7.98. The SMILES string of the molecule is CNC(=O)[C@H](C)NCOO. The Balaban J connectivity index is 3.41. The molecule has 0 aliphatic heterocycles. The van der Waals surface area contributed by atoms with Crippen LogP contribution in [0.5, 0.6) is 0 Å². The number of nitrogens with one attached hydrogen (secondary N) is 2. The lowest BCUT2D eigenvalue weighted by Gasteiger charge is -2.09. The van der Waals surface area contributed by atoms with Crippen molar-refractivity contribution in [3.05, 3.63) is 0 Å². The maximum absolute atomic E-state index is 10.7. The van der Waals surface area contributed by atoms with Crippen LogP contribution in [0.25, 0.3) is 0 Å². The Morgan fingerprint density at radius 3 is 2.80 bits per heavy atom. The molecule has 0 saturated carbocycles. The normalized spacial score (nSPS) is 12.7. The van der Waals surface area contributed by atoms with Gasteiger partial charge in [0, 0.05) is 7.05 Å². The molecule has 3 N–H and O–H groups in total. The lowest BCUT2D eigenvalue weighted by molar-refractivity contribution is -0.248. The fourth-order valence-electron chi connectivity index (χ4n) is 0.471. The minimum atomic E-state index is -0.350. The fourth-order valence-corrected chi connectivity index (χ4v) is 0.471. The summed E-state index contributed by atoms with van der Waals surface area (Å²) in [5.74, 6) is -0.142. The van der Waals surface area contributed by atoms with Gasteiger partial charge in [-0.2, -0.15) is 0 Å². The number of likely N-dealkylation sites (N-methyl/N-ethyl adjacent to an activating group) is 1.